The van der Waals surface area contributed by atoms with E-state index < -0.39 is 0 Å². The normalized spacial score (nSPS) is 10.9. The molecule has 0 spiro atoms. The number of aromatic nitrogens is 4. The molecule has 0 unspecified atom stereocenters. The van der Waals surface area contributed by atoms with E-state index >= 15 is 0 Å². The Bertz CT molecular complexity index is 1150. The van der Waals surface area contributed by atoms with Gasteiger partial charge in [0, 0.05) is 10.9 Å². The van der Waals surface area contributed by atoms with Crippen LogP contribution in [0.5, 0.6) is 0 Å². The van der Waals surface area contributed by atoms with Crippen molar-refractivity contribution in [2.75, 3.05) is 5.75 Å². The number of carbonyl (C=O) groups excluding carboxylic acids is 1. The molecule has 3 aromatic heterocycles. The molecule has 0 aliphatic heterocycles. The van der Waals surface area contributed by atoms with Crippen molar-refractivity contribution in [1.82, 2.24) is 20.2 Å². The summed E-state index contributed by atoms with van der Waals surface area (Å²) >= 11 is 1.30. The fourth-order valence-corrected chi connectivity index (χ4v) is 3.14. The fourth-order valence-electron chi connectivity index (χ4n) is 2.54. The third-order valence-electron chi connectivity index (χ3n) is 3.73. The van der Waals surface area contributed by atoms with Crippen molar-refractivity contribution in [2.24, 2.45) is 0 Å². The van der Waals surface area contributed by atoms with Gasteiger partial charge in [-0.1, -0.05) is 11.8 Å². The maximum absolute atomic E-state index is 11.0. The van der Waals surface area contributed by atoms with Gasteiger partial charge in [0.25, 0.3) is 0 Å². The lowest BCUT2D eigenvalue weighted by Gasteiger charge is -1.92. The number of nitrogens with zero attached hydrogens (tertiary/aromatic N) is 3. The van der Waals surface area contributed by atoms with Crippen LogP contribution in [0.15, 0.2) is 46.0 Å². The first-order valence-corrected chi connectivity index (χ1v) is 8.79. The highest BCUT2D eigenvalue weighted by Gasteiger charge is 2.13. The largest absolute Gasteiger partial charge is 0.451 e. The molecule has 26 heavy (non-hydrogen) atoms. The molecule has 4 aromatic rings. The van der Waals surface area contributed by atoms with Crippen LogP contribution in [-0.4, -0.2) is 31.7 Å². The van der Waals surface area contributed by atoms with Gasteiger partial charge in [-0.3, -0.25) is 4.79 Å². The lowest BCUT2D eigenvalue weighted by atomic mass is 10.2. The molecule has 4 rings (SSSR count). The number of nitrogens with one attached hydrogen (secondary N) is 2. The Kier molecular flexibility index (Phi) is 4.07. The van der Waals surface area contributed by atoms with Crippen molar-refractivity contribution in [3.8, 4) is 29.1 Å². The van der Waals surface area contributed by atoms with Crippen molar-refractivity contribution >= 4 is 28.4 Å². The molecular weight excluding hydrogens is 350 g/mol. The summed E-state index contributed by atoms with van der Waals surface area (Å²) in [6, 6.07) is 13.2. The molecule has 7 nitrogen and oxygen atoms in total. The smallest absolute Gasteiger partial charge is 0.197 e. The number of benzene rings is 1. The lowest BCUT2D eigenvalue weighted by molar-refractivity contribution is -0.114. The summed E-state index contributed by atoms with van der Waals surface area (Å²) in [5, 5.41) is 18.6. The van der Waals surface area contributed by atoms with Gasteiger partial charge in [-0.15, -0.1) is 10.2 Å². The first-order chi connectivity index (χ1) is 12.6. The summed E-state index contributed by atoms with van der Waals surface area (Å²) in [5.74, 6) is 2.14. The number of ketones is 1. The molecule has 8 heteroatoms. The van der Waals surface area contributed by atoms with Crippen LogP contribution in [0.2, 0.25) is 0 Å². The van der Waals surface area contributed by atoms with E-state index in [1.807, 2.05) is 30.3 Å². The van der Waals surface area contributed by atoms with Crippen LogP contribution in [0, 0.1) is 11.3 Å². The molecule has 1 aromatic carbocycles. The van der Waals surface area contributed by atoms with E-state index in [1.165, 1.54) is 18.7 Å². The number of rotatable bonds is 5. The fraction of sp³-hybridized carbons (Fsp3) is 0.111. The molecule has 0 saturated heterocycles. The quantitative estimate of drug-likeness (QED) is 0.522. The van der Waals surface area contributed by atoms with Gasteiger partial charge in [0.1, 0.15) is 5.78 Å². The third-order valence-corrected chi connectivity index (χ3v) is 4.74. The number of furan rings is 1. The molecule has 0 aliphatic rings. The Balaban J connectivity index is 1.60. The van der Waals surface area contributed by atoms with E-state index in [4.69, 9.17) is 9.68 Å². The van der Waals surface area contributed by atoms with E-state index in [9.17, 15) is 4.79 Å². The Morgan fingerprint density at radius 1 is 1.19 bits per heavy atom. The van der Waals surface area contributed by atoms with Crippen molar-refractivity contribution in [1.29, 1.82) is 5.26 Å². The summed E-state index contributed by atoms with van der Waals surface area (Å²) in [4.78, 5) is 17.4. The standard InChI is InChI=1S/C18H13N5O2S/c1-10(24)9-26-18-21-17(22-23-18)16-5-4-15(25-16)14-7-12-6-11(8-19)2-3-13(12)20-14/h2-7,20H,9H2,1H3,(H,21,22,23). The second-order valence-corrected chi connectivity index (χ2v) is 6.69. The van der Waals surface area contributed by atoms with Crippen LogP contribution in [0.25, 0.3) is 33.9 Å². The Morgan fingerprint density at radius 2 is 2.04 bits per heavy atom. The predicted molar refractivity (Wildman–Crippen MR) is 97.5 cm³/mol. The van der Waals surface area contributed by atoms with Crippen molar-refractivity contribution in [2.45, 2.75) is 12.1 Å². The molecule has 3 heterocycles. The van der Waals surface area contributed by atoms with Crippen molar-refractivity contribution < 1.29 is 9.21 Å². The van der Waals surface area contributed by atoms with Crippen LogP contribution < -0.4 is 0 Å². The topological polar surface area (TPSA) is 111 Å². The second-order valence-electron chi connectivity index (χ2n) is 5.73. The number of nitriles is 1. The van der Waals surface area contributed by atoms with Crippen molar-refractivity contribution in [3.05, 3.63) is 42.0 Å². The summed E-state index contributed by atoms with van der Waals surface area (Å²) in [7, 11) is 0. The van der Waals surface area contributed by atoms with Gasteiger partial charge in [0.2, 0.25) is 0 Å². The number of Topliss-reactive ketones (excluding diaryl/α,β-unsaturated/α-hetero) is 1. The van der Waals surface area contributed by atoms with Crippen LogP contribution in [0.1, 0.15) is 12.5 Å². The van der Waals surface area contributed by atoms with Gasteiger partial charge in [0.15, 0.2) is 22.5 Å². The molecule has 0 fully saturated rings. The minimum Gasteiger partial charge on any atom is -0.451 e. The van der Waals surface area contributed by atoms with E-state index in [0.717, 1.165) is 16.6 Å². The molecule has 0 saturated carbocycles. The predicted octanol–water partition coefficient (Wildman–Crippen LogP) is 3.77. The van der Waals surface area contributed by atoms with E-state index in [-0.39, 0.29) is 5.78 Å². The molecule has 0 aliphatic carbocycles. The number of H-pyrrole nitrogens is 2. The summed E-state index contributed by atoms with van der Waals surface area (Å²) in [5.41, 5.74) is 2.35. The van der Waals surface area contributed by atoms with Crippen molar-refractivity contribution in [3.63, 3.8) is 0 Å². The average molecular weight is 363 g/mol. The maximum atomic E-state index is 11.0. The zero-order chi connectivity index (χ0) is 18.1. The lowest BCUT2D eigenvalue weighted by Crippen LogP contribution is -1.93. The highest BCUT2D eigenvalue weighted by Crippen LogP contribution is 2.29. The molecule has 0 bridgehead atoms. The molecule has 0 atom stereocenters. The SMILES string of the molecule is CC(=O)CSc1nnc(-c2ccc(-c3cc4cc(C#N)ccc4[nH]3)o2)[nH]1. The first kappa shape index (κ1) is 16.2. The summed E-state index contributed by atoms with van der Waals surface area (Å²) in [6.07, 6.45) is 0. The molecule has 128 valence electrons. The number of thioether (sulfide) groups is 1. The Morgan fingerprint density at radius 3 is 2.85 bits per heavy atom. The molecule has 0 radical (unpaired) electrons. The highest BCUT2D eigenvalue weighted by molar-refractivity contribution is 7.99. The number of carbonyl (C=O) groups is 1. The number of hydrogen-bond acceptors (Lipinski definition) is 6. The van der Waals surface area contributed by atoms with E-state index in [0.29, 0.717) is 33.8 Å². The van der Waals surface area contributed by atoms with Crippen LogP contribution in [0.3, 0.4) is 0 Å². The van der Waals surface area contributed by atoms with Gasteiger partial charge >= 0.3 is 0 Å². The van der Waals surface area contributed by atoms with Gasteiger partial charge in [-0.2, -0.15) is 5.26 Å². The zero-order valence-electron chi connectivity index (χ0n) is 13.7. The molecule has 0 amide bonds. The maximum Gasteiger partial charge on any atom is 0.197 e. The van der Waals surface area contributed by atoms with Crippen LogP contribution in [0.4, 0.5) is 0 Å². The Labute approximate surface area is 152 Å². The average Bonchev–Trinajstić information content (AvgIpc) is 3.36. The minimum absolute atomic E-state index is 0.0756. The van der Waals surface area contributed by atoms with Gasteiger partial charge in [0.05, 0.1) is 23.1 Å². The van der Waals surface area contributed by atoms with Crippen LogP contribution in [-0.2, 0) is 4.79 Å². The van der Waals surface area contributed by atoms with E-state index in [1.54, 1.807) is 6.07 Å². The zero-order valence-corrected chi connectivity index (χ0v) is 14.6. The summed E-state index contributed by atoms with van der Waals surface area (Å²) < 4.78 is 5.87. The number of fused-ring (bicyclic) bond motifs is 1. The van der Waals surface area contributed by atoms with Crippen LogP contribution >= 0.6 is 11.8 Å². The van der Waals surface area contributed by atoms with E-state index in [2.05, 4.69) is 26.2 Å². The molecule has 2 N–H and O–H groups in total. The number of hydrogen-bond donors (Lipinski definition) is 2. The summed E-state index contributed by atoms with van der Waals surface area (Å²) in [6.45, 7) is 1.53. The van der Waals surface area contributed by atoms with Gasteiger partial charge in [-0.25, -0.2) is 0 Å². The van der Waals surface area contributed by atoms with Gasteiger partial charge in [-0.05, 0) is 43.3 Å². The Hall–Kier alpha value is -3.31. The highest BCUT2D eigenvalue weighted by atomic mass is 32.2. The monoisotopic (exact) mass is 363 g/mol. The first-order valence-electron chi connectivity index (χ1n) is 7.81. The second kappa shape index (κ2) is 6.54. The third kappa shape index (κ3) is 3.12. The number of aromatic amines is 2. The minimum atomic E-state index is 0.0756. The molecular formula is C18H13N5O2S. The van der Waals surface area contributed by atoms with Gasteiger partial charge < -0.3 is 14.4 Å².